The molecule has 12 heteroatoms. The third-order valence-electron chi connectivity index (χ3n) is 9.66. The van der Waals surface area contributed by atoms with Gasteiger partial charge >= 0.3 is 6.09 Å². The van der Waals surface area contributed by atoms with Gasteiger partial charge in [-0.3, -0.25) is 4.79 Å². The first-order valence-corrected chi connectivity index (χ1v) is 20.2. The van der Waals surface area contributed by atoms with Gasteiger partial charge in [0.1, 0.15) is 17.1 Å². The zero-order valence-electron chi connectivity index (χ0n) is 31.7. The minimum absolute atomic E-state index is 0.154. The van der Waals surface area contributed by atoms with E-state index in [-0.39, 0.29) is 28.4 Å². The van der Waals surface area contributed by atoms with Gasteiger partial charge in [0, 0.05) is 28.6 Å². The largest absolute Gasteiger partial charge is 0.493 e. The average molecular weight is 766 g/mol. The summed E-state index contributed by atoms with van der Waals surface area (Å²) in [5.41, 5.74) is -1.04. The topological polar surface area (TPSA) is 89.1 Å². The Morgan fingerprint density at radius 2 is 1.71 bits per heavy atom. The number of benzene rings is 2. The molecule has 2 fully saturated rings. The maximum atomic E-state index is 16.9. The zero-order chi connectivity index (χ0) is 37.9. The van der Waals surface area contributed by atoms with E-state index < -0.39 is 35.6 Å². The van der Waals surface area contributed by atoms with Gasteiger partial charge in [-0.2, -0.15) is 8.78 Å². The van der Waals surface area contributed by atoms with Crippen molar-refractivity contribution < 1.29 is 32.6 Å². The number of hydrogen-bond donors (Lipinski definition) is 2. The second-order valence-corrected chi connectivity index (χ2v) is 16.6. The molecule has 4 rings (SSSR count). The molecule has 1 saturated carbocycles. The second-order valence-electron chi connectivity index (χ2n) is 15.3. The lowest BCUT2D eigenvalue weighted by Crippen LogP contribution is -2.62. The van der Waals surface area contributed by atoms with Crippen LogP contribution in [-0.2, 0) is 15.5 Å². The summed E-state index contributed by atoms with van der Waals surface area (Å²) in [5.74, 6) is -2.93. The van der Waals surface area contributed by atoms with Crippen LogP contribution in [0.2, 0.25) is 5.02 Å². The van der Waals surface area contributed by atoms with E-state index in [9.17, 15) is 9.59 Å². The van der Waals surface area contributed by atoms with Crippen molar-refractivity contribution >= 4 is 35.5 Å². The van der Waals surface area contributed by atoms with Crippen molar-refractivity contribution in [3.63, 3.8) is 0 Å². The van der Waals surface area contributed by atoms with E-state index in [1.165, 1.54) is 50.3 Å². The molecule has 1 heterocycles. The van der Waals surface area contributed by atoms with Crippen molar-refractivity contribution in [2.75, 3.05) is 13.2 Å². The average Bonchev–Trinajstić information content (AvgIpc) is 3.08. The van der Waals surface area contributed by atoms with Crippen LogP contribution in [0.1, 0.15) is 118 Å². The van der Waals surface area contributed by atoms with Gasteiger partial charge in [-0.25, -0.2) is 9.52 Å². The number of likely N-dealkylation sites (tertiary alicyclic amines) is 1. The number of rotatable bonds is 16. The summed E-state index contributed by atoms with van der Waals surface area (Å²) in [7, 11) is 0. The lowest BCUT2D eigenvalue weighted by atomic mass is 9.88. The van der Waals surface area contributed by atoms with E-state index in [1.54, 1.807) is 25.7 Å². The van der Waals surface area contributed by atoms with Gasteiger partial charge in [-0.05, 0) is 120 Å². The summed E-state index contributed by atoms with van der Waals surface area (Å²) in [6, 6.07) is 8.18. The van der Waals surface area contributed by atoms with Crippen LogP contribution in [0, 0.1) is 5.92 Å². The Hall–Kier alpha value is -2.76. The van der Waals surface area contributed by atoms with Crippen molar-refractivity contribution in [2.45, 2.75) is 153 Å². The van der Waals surface area contributed by atoms with Gasteiger partial charge in [0.15, 0.2) is 6.04 Å². The van der Waals surface area contributed by atoms with Gasteiger partial charge in [-0.1, -0.05) is 63.6 Å². The summed E-state index contributed by atoms with van der Waals surface area (Å²) in [6.45, 7) is 12.2. The van der Waals surface area contributed by atoms with Crippen LogP contribution in [0.3, 0.4) is 0 Å². The highest BCUT2D eigenvalue weighted by atomic mass is 35.5. The number of alkyl halides is 2. The molecule has 290 valence electrons. The third kappa shape index (κ3) is 12.1. The normalized spacial score (nSPS) is 20.6. The minimum Gasteiger partial charge on any atom is -0.493 e. The fraction of sp³-hybridized carbons (Fsp3) is 0.650. The maximum absolute atomic E-state index is 16.9. The quantitative estimate of drug-likeness (QED) is 0.130. The second kappa shape index (κ2) is 19.5. The fourth-order valence-corrected chi connectivity index (χ4v) is 7.99. The molecule has 2 N–H and O–H groups in total. The summed E-state index contributed by atoms with van der Waals surface area (Å²) in [4.78, 5) is 29.5. The lowest BCUT2D eigenvalue weighted by molar-refractivity contribution is -0.151. The van der Waals surface area contributed by atoms with Crippen LogP contribution in [-0.4, -0.2) is 59.9 Å². The van der Waals surface area contributed by atoms with E-state index in [1.807, 2.05) is 45.0 Å². The van der Waals surface area contributed by atoms with E-state index in [2.05, 4.69) is 10.0 Å². The van der Waals surface area contributed by atoms with Gasteiger partial charge in [-0.15, -0.1) is 0 Å². The predicted molar refractivity (Wildman–Crippen MR) is 204 cm³/mol. The molecule has 1 aliphatic heterocycles. The molecule has 1 aliphatic carbocycles. The van der Waals surface area contributed by atoms with Gasteiger partial charge in [0.05, 0.1) is 18.2 Å². The van der Waals surface area contributed by atoms with Gasteiger partial charge < -0.3 is 24.4 Å². The number of ether oxygens (including phenoxy) is 3. The molecule has 0 bridgehead atoms. The molecular formula is C40H58ClF2N3O5S. The molecule has 52 heavy (non-hydrogen) atoms. The Bertz CT molecular complexity index is 1440. The SMILES string of the molecule is CCCCOc1cc(C(F)(F)C(NSc2ccc(OCC3CCCCC3)cc2)C(=O)N2C(C)CC(NC(=O)OC(C)(C)C)CC2CCC)ccc1Cl. The van der Waals surface area contributed by atoms with Crippen LogP contribution in [0.4, 0.5) is 13.6 Å². The highest BCUT2D eigenvalue weighted by Gasteiger charge is 2.51. The van der Waals surface area contributed by atoms with E-state index in [0.29, 0.717) is 43.3 Å². The first-order chi connectivity index (χ1) is 24.7. The van der Waals surface area contributed by atoms with E-state index in [0.717, 1.165) is 37.0 Å². The number of carbonyl (C=O) groups is 2. The number of nitrogens with one attached hydrogen (secondary N) is 2. The Morgan fingerprint density at radius 1 is 1.00 bits per heavy atom. The minimum atomic E-state index is -3.65. The molecule has 0 radical (unpaired) electrons. The summed E-state index contributed by atoms with van der Waals surface area (Å²) in [5, 5.41) is 3.17. The Morgan fingerprint density at radius 3 is 2.37 bits per heavy atom. The standard InChI is InChI=1S/C40H58ClF2N3O5S/c1-7-9-22-49-35-24-29(16-21-34(35)41)40(42,43)36(45-52-33-19-17-32(18-20-33)50-26-28-14-11-10-12-15-28)37(47)46-27(3)23-30(25-31(46)13-8-2)44-38(48)51-39(4,5)6/h16-21,24,27-28,30-31,36,45H,7-15,22-23,25-26H2,1-6H3,(H,44,48). The third-order valence-corrected chi connectivity index (χ3v) is 10.8. The van der Waals surface area contributed by atoms with Crippen LogP contribution >= 0.6 is 23.5 Å². The first kappa shape index (κ1) is 42.0. The number of nitrogens with zero attached hydrogens (tertiary/aromatic N) is 1. The smallest absolute Gasteiger partial charge is 0.407 e. The number of unbranched alkanes of at least 4 members (excludes halogenated alkanes) is 1. The molecule has 2 aliphatic rings. The van der Waals surface area contributed by atoms with Gasteiger partial charge in [0.2, 0.25) is 5.91 Å². The van der Waals surface area contributed by atoms with E-state index in [4.69, 9.17) is 25.8 Å². The molecule has 0 aromatic heterocycles. The van der Waals surface area contributed by atoms with Crippen molar-refractivity contribution in [2.24, 2.45) is 5.92 Å². The van der Waals surface area contributed by atoms with Crippen molar-refractivity contribution in [3.05, 3.63) is 53.1 Å². The van der Waals surface area contributed by atoms with Crippen LogP contribution in [0.25, 0.3) is 0 Å². The number of piperidine rings is 1. The zero-order valence-corrected chi connectivity index (χ0v) is 33.2. The molecule has 4 atom stereocenters. The molecule has 2 aromatic carbocycles. The number of halogens is 3. The molecule has 0 spiro atoms. The van der Waals surface area contributed by atoms with Crippen molar-refractivity contribution in [1.29, 1.82) is 0 Å². The summed E-state index contributed by atoms with van der Waals surface area (Å²) in [6.07, 6.45) is 9.34. The number of alkyl carbamates (subject to hydrolysis) is 1. The molecule has 2 aromatic rings. The van der Waals surface area contributed by atoms with Gasteiger partial charge in [0.25, 0.3) is 5.92 Å². The number of carbonyl (C=O) groups excluding carboxylic acids is 2. The van der Waals surface area contributed by atoms with E-state index >= 15 is 8.78 Å². The van der Waals surface area contributed by atoms with Crippen molar-refractivity contribution in [1.82, 2.24) is 14.9 Å². The predicted octanol–water partition coefficient (Wildman–Crippen LogP) is 10.3. The molecule has 4 unspecified atom stereocenters. The molecule has 8 nitrogen and oxygen atoms in total. The molecule has 1 saturated heterocycles. The Balaban J connectivity index is 1.57. The van der Waals surface area contributed by atoms with Crippen LogP contribution < -0.4 is 19.5 Å². The monoisotopic (exact) mass is 765 g/mol. The first-order valence-electron chi connectivity index (χ1n) is 19.0. The highest BCUT2D eigenvalue weighted by molar-refractivity contribution is 7.97. The Labute approximate surface area is 318 Å². The number of hydrogen-bond acceptors (Lipinski definition) is 7. The van der Waals surface area contributed by atoms with Crippen molar-refractivity contribution in [3.8, 4) is 11.5 Å². The maximum Gasteiger partial charge on any atom is 0.407 e. The summed E-state index contributed by atoms with van der Waals surface area (Å²) >= 11 is 7.34. The van der Waals surface area contributed by atoms with Crippen LogP contribution in [0.5, 0.6) is 11.5 Å². The fourth-order valence-electron chi connectivity index (χ4n) is 7.04. The Kier molecular flexibility index (Phi) is 15.8. The number of amides is 2. The lowest BCUT2D eigenvalue weighted by Gasteiger charge is -2.46. The highest BCUT2D eigenvalue weighted by Crippen LogP contribution is 2.40. The van der Waals surface area contributed by atoms with Crippen LogP contribution in [0.15, 0.2) is 47.4 Å². The molecular weight excluding hydrogens is 708 g/mol. The molecule has 2 amide bonds. The summed E-state index contributed by atoms with van der Waals surface area (Å²) < 4.78 is 54.0.